The number of aliphatic imine (C=N–C) groups is 1. The fourth-order valence-corrected chi connectivity index (χ4v) is 1.85. The minimum atomic E-state index is 0.817. The van der Waals surface area contributed by atoms with E-state index in [1.807, 2.05) is 11.6 Å². The van der Waals surface area contributed by atoms with Crippen molar-refractivity contribution >= 4 is 5.96 Å². The second kappa shape index (κ2) is 7.28. The van der Waals surface area contributed by atoms with Gasteiger partial charge in [0, 0.05) is 18.8 Å². The molecule has 0 aliphatic rings. The monoisotopic (exact) mass is 265 g/mol. The Kier molecular flexibility index (Phi) is 6.02. The Bertz CT molecular complexity index is 431. The number of hydrogen-bond donors (Lipinski definition) is 1. The Morgan fingerprint density at radius 2 is 2.00 bits per heavy atom. The van der Waals surface area contributed by atoms with Crippen molar-refractivity contribution in [1.82, 2.24) is 20.0 Å². The zero-order valence-corrected chi connectivity index (χ0v) is 13.1. The topological polar surface area (TPSA) is 45.5 Å². The summed E-state index contributed by atoms with van der Waals surface area (Å²) in [4.78, 5) is 6.83. The van der Waals surface area contributed by atoms with Crippen LogP contribution in [-0.2, 0) is 0 Å². The lowest BCUT2D eigenvalue weighted by molar-refractivity contribution is 0.403. The van der Waals surface area contributed by atoms with Gasteiger partial charge in [-0.1, -0.05) is 0 Å². The lowest BCUT2D eigenvalue weighted by Gasteiger charge is -2.11. The molecule has 0 saturated heterocycles. The summed E-state index contributed by atoms with van der Waals surface area (Å²) in [5.41, 5.74) is 3.46. The summed E-state index contributed by atoms with van der Waals surface area (Å²) in [6.45, 7) is 11.0. The molecule has 1 aromatic rings. The van der Waals surface area contributed by atoms with Crippen molar-refractivity contribution in [2.75, 3.05) is 33.7 Å². The van der Waals surface area contributed by atoms with E-state index in [9.17, 15) is 0 Å². The molecule has 1 heterocycles. The molecule has 0 aromatic carbocycles. The van der Waals surface area contributed by atoms with Crippen LogP contribution in [0.2, 0.25) is 0 Å². The molecule has 1 rings (SSSR count). The summed E-state index contributed by atoms with van der Waals surface area (Å²) in [6, 6.07) is 0. The molecule has 19 heavy (non-hydrogen) atoms. The van der Waals surface area contributed by atoms with Crippen LogP contribution in [0.25, 0.3) is 0 Å². The second-order valence-electron chi connectivity index (χ2n) is 5.10. The van der Waals surface area contributed by atoms with Crippen LogP contribution in [0.3, 0.4) is 0 Å². The zero-order chi connectivity index (χ0) is 14.4. The smallest absolute Gasteiger partial charge is 0.219 e. The highest BCUT2D eigenvalue weighted by Gasteiger charge is 2.11. The van der Waals surface area contributed by atoms with E-state index in [0.29, 0.717) is 0 Å². The highest BCUT2D eigenvalue weighted by molar-refractivity contribution is 5.82. The summed E-state index contributed by atoms with van der Waals surface area (Å²) >= 11 is 0. The van der Waals surface area contributed by atoms with E-state index in [4.69, 9.17) is 0 Å². The maximum atomic E-state index is 4.65. The van der Waals surface area contributed by atoms with Crippen molar-refractivity contribution in [3.63, 3.8) is 0 Å². The Morgan fingerprint density at radius 3 is 2.47 bits per heavy atom. The van der Waals surface area contributed by atoms with E-state index in [0.717, 1.165) is 43.4 Å². The number of aryl methyl sites for hydroxylation is 1. The van der Waals surface area contributed by atoms with Gasteiger partial charge < -0.3 is 10.2 Å². The van der Waals surface area contributed by atoms with Gasteiger partial charge in [0.1, 0.15) is 0 Å². The van der Waals surface area contributed by atoms with Crippen LogP contribution < -0.4 is 5.32 Å². The van der Waals surface area contributed by atoms with E-state index in [2.05, 4.69) is 55.2 Å². The molecule has 0 bridgehead atoms. The van der Waals surface area contributed by atoms with Crippen molar-refractivity contribution in [2.24, 2.45) is 4.99 Å². The van der Waals surface area contributed by atoms with Crippen LogP contribution in [-0.4, -0.2) is 54.4 Å². The van der Waals surface area contributed by atoms with Crippen molar-refractivity contribution in [2.45, 2.75) is 34.1 Å². The third-order valence-corrected chi connectivity index (χ3v) is 3.21. The van der Waals surface area contributed by atoms with Crippen LogP contribution in [0.5, 0.6) is 0 Å². The highest BCUT2D eigenvalue weighted by Crippen LogP contribution is 2.10. The van der Waals surface area contributed by atoms with Gasteiger partial charge in [-0.3, -0.25) is 4.99 Å². The summed E-state index contributed by atoms with van der Waals surface area (Å²) in [6.07, 6.45) is 1.06. The Balaban J connectivity index is 2.81. The average Bonchev–Trinajstić information content (AvgIpc) is 2.61. The third kappa shape index (κ3) is 4.35. The molecule has 0 unspecified atom stereocenters. The van der Waals surface area contributed by atoms with E-state index < -0.39 is 0 Å². The molecule has 0 fully saturated rings. The molecule has 0 aliphatic carbocycles. The maximum absolute atomic E-state index is 4.65. The molecule has 0 radical (unpaired) electrons. The van der Waals surface area contributed by atoms with Crippen molar-refractivity contribution in [1.29, 1.82) is 0 Å². The van der Waals surface area contributed by atoms with Crippen molar-refractivity contribution in [3.05, 3.63) is 17.0 Å². The largest absolute Gasteiger partial charge is 0.355 e. The van der Waals surface area contributed by atoms with Gasteiger partial charge in [0.2, 0.25) is 5.96 Å². The number of hydrogen-bond acceptors (Lipinski definition) is 3. The molecule has 5 nitrogen and oxygen atoms in total. The zero-order valence-electron chi connectivity index (χ0n) is 13.1. The van der Waals surface area contributed by atoms with Gasteiger partial charge in [-0.15, -0.1) is 0 Å². The summed E-state index contributed by atoms with van der Waals surface area (Å²) < 4.78 is 1.92. The van der Waals surface area contributed by atoms with Gasteiger partial charge >= 0.3 is 0 Å². The van der Waals surface area contributed by atoms with Crippen molar-refractivity contribution < 1.29 is 0 Å². The van der Waals surface area contributed by atoms with Gasteiger partial charge in [0.25, 0.3) is 0 Å². The van der Waals surface area contributed by atoms with Gasteiger partial charge in [-0.2, -0.15) is 5.10 Å². The predicted molar refractivity (Wildman–Crippen MR) is 81.0 cm³/mol. The average molecular weight is 265 g/mol. The molecule has 0 spiro atoms. The standard InChI is InChI=1S/C14H27N5/c1-7-15-14(16-9-8-10-18(5)6)19-13(4)11(2)12(3)17-19/h7-10H2,1-6H3,(H,15,16). The van der Waals surface area contributed by atoms with Gasteiger partial charge in [-0.05, 0) is 60.3 Å². The van der Waals surface area contributed by atoms with Gasteiger partial charge in [0.05, 0.1) is 5.69 Å². The van der Waals surface area contributed by atoms with E-state index in [1.165, 1.54) is 5.56 Å². The van der Waals surface area contributed by atoms with Crippen LogP contribution in [0.15, 0.2) is 4.99 Å². The number of rotatable bonds is 5. The SMILES string of the molecule is CCNC(=NCCCN(C)C)n1nc(C)c(C)c1C. The quantitative estimate of drug-likeness (QED) is 0.499. The van der Waals surface area contributed by atoms with Gasteiger partial charge in [0.15, 0.2) is 0 Å². The summed E-state index contributed by atoms with van der Waals surface area (Å²) in [7, 11) is 4.17. The fraction of sp³-hybridized carbons (Fsp3) is 0.714. The Hall–Kier alpha value is -1.36. The Morgan fingerprint density at radius 1 is 1.32 bits per heavy atom. The van der Waals surface area contributed by atoms with E-state index >= 15 is 0 Å². The predicted octanol–water partition coefficient (Wildman–Crippen LogP) is 1.57. The maximum Gasteiger partial charge on any atom is 0.219 e. The summed E-state index contributed by atoms with van der Waals surface area (Å²) in [5, 5.41) is 7.86. The minimum absolute atomic E-state index is 0.817. The molecule has 0 amide bonds. The number of aromatic nitrogens is 2. The van der Waals surface area contributed by atoms with Crippen LogP contribution in [0, 0.1) is 20.8 Å². The first-order valence-electron chi connectivity index (χ1n) is 6.93. The Labute approximate surface area is 116 Å². The molecule has 0 aliphatic heterocycles. The molecule has 5 heteroatoms. The molecule has 108 valence electrons. The highest BCUT2D eigenvalue weighted by atomic mass is 15.4. The van der Waals surface area contributed by atoms with E-state index in [1.54, 1.807) is 0 Å². The lowest BCUT2D eigenvalue weighted by atomic mass is 10.2. The lowest BCUT2D eigenvalue weighted by Crippen LogP contribution is -2.32. The minimum Gasteiger partial charge on any atom is -0.355 e. The first kappa shape index (κ1) is 15.7. The number of nitrogens with zero attached hydrogens (tertiary/aromatic N) is 4. The normalized spacial score (nSPS) is 12.3. The second-order valence-corrected chi connectivity index (χ2v) is 5.10. The molecular weight excluding hydrogens is 238 g/mol. The van der Waals surface area contributed by atoms with Crippen molar-refractivity contribution in [3.8, 4) is 0 Å². The fourth-order valence-electron chi connectivity index (χ4n) is 1.85. The van der Waals surface area contributed by atoms with Crippen LogP contribution >= 0.6 is 0 Å². The van der Waals surface area contributed by atoms with Crippen LogP contribution in [0.1, 0.15) is 30.3 Å². The van der Waals surface area contributed by atoms with Gasteiger partial charge in [-0.25, -0.2) is 4.68 Å². The molecule has 0 saturated carbocycles. The summed E-state index contributed by atoms with van der Waals surface area (Å²) in [5.74, 6) is 0.856. The van der Waals surface area contributed by atoms with E-state index in [-0.39, 0.29) is 0 Å². The molecule has 1 N–H and O–H groups in total. The molecular formula is C14H27N5. The third-order valence-electron chi connectivity index (χ3n) is 3.21. The first-order valence-corrected chi connectivity index (χ1v) is 6.93. The number of nitrogens with one attached hydrogen (secondary N) is 1. The van der Waals surface area contributed by atoms with Crippen LogP contribution in [0.4, 0.5) is 0 Å². The first-order chi connectivity index (χ1) is 8.97. The molecule has 1 aromatic heterocycles. The molecule has 0 atom stereocenters.